The van der Waals surface area contributed by atoms with Crippen LogP contribution >= 0.6 is 0 Å². The zero-order valence-electron chi connectivity index (χ0n) is 25.2. The van der Waals surface area contributed by atoms with Gasteiger partial charge in [0.15, 0.2) is 0 Å². The van der Waals surface area contributed by atoms with Gasteiger partial charge in [-0.3, -0.25) is 5.10 Å². The van der Waals surface area contributed by atoms with Crippen molar-refractivity contribution in [1.82, 2.24) is 20.5 Å². The van der Waals surface area contributed by atoms with Gasteiger partial charge in [-0.1, -0.05) is 83.4 Å². The number of hydrogen-bond acceptors (Lipinski definition) is 2. The number of nitrogens with zero attached hydrogens (tertiary/aromatic N) is 1. The highest BCUT2D eigenvalue weighted by Gasteiger charge is 2.21. The van der Waals surface area contributed by atoms with Crippen molar-refractivity contribution in [1.29, 1.82) is 0 Å². The van der Waals surface area contributed by atoms with Crippen molar-refractivity contribution in [3.63, 3.8) is 0 Å². The summed E-state index contributed by atoms with van der Waals surface area (Å²) in [4.78, 5) is 3.33. The van der Waals surface area contributed by atoms with Crippen LogP contribution in [0.25, 0.3) is 33.4 Å². The lowest BCUT2D eigenvalue weighted by atomic mass is 9.96. The van der Waals surface area contributed by atoms with Crippen molar-refractivity contribution in [2.24, 2.45) is 0 Å². The molecule has 2 heterocycles. The molecular weight excluding hydrogens is 526 g/mol. The maximum absolute atomic E-state index is 16.2. The Balaban J connectivity index is 0.00000237. The van der Waals surface area contributed by atoms with E-state index in [1.807, 2.05) is 52.0 Å². The lowest BCUT2D eigenvalue weighted by molar-refractivity contribution is 0.624. The van der Waals surface area contributed by atoms with Crippen molar-refractivity contribution >= 4 is 22.0 Å². The summed E-state index contributed by atoms with van der Waals surface area (Å²) in [5.74, 6) is -0.733. The van der Waals surface area contributed by atoms with Crippen LogP contribution in [-0.2, 0) is 0 Å². The number of allylic oxidation sites excluding steroid dienone is 7. The lowest BCUT2D eigenvalue weighted by Gasteiger charge is -2.12. The fourth-order valence-corrected chi connectivity index (χ4v) is 4.78. The molecule has 0 radical (unpaired) electrons. The Morgan fingerprint density at radius 3 is 2.43 bits per heavy atom. The molecule has 4 aromatic rings. The summed E-state index contributed by atoms with van der Waals surface area (Å²) >= 11 is 0. The number of rotatable bonds is 11. The molecule has 3 N–H and O–H groups in total. The van der Waals surface area contributed by atoms with E-state index in [9.17, 15) is 4.39 Å². The third kappa shape index (κ3) is 6.77. The number of hydrogen-bond donors (Lipinski definition) is 3. The molecule has 0 aliphatic carbocycles. The molecule has 0 aliphatic heterocycles. The fraction of sp³-hybridized carbons (Fsp3) is 0.194. The second kappa shape index (κ2) is 14.8. The number of benzene rings is 2. The minimum Gasteiger partial charge on any atom is -0.359 e. The molecule has 0 fully saturated rings. The molecule has 4 rings (SSSR count). The third-order valence-corrected chi connectivity index (χ3v) is 6.70. The Labute approximate surface area is 248 Å². The SMILES string of the molecule is C=C/C=C(/c1ccccc1F)c1cc(-c2n[nH]c3ccc(C(/C=C(\C=C)NC(=C)CCC)=C/C)c(F)c23)[nH]c1C.CC. The zero-order valence-corrected chi connectivity index (χ0v) is 25.2. The first-order valence-electron chi connectivity index (χ1n) is 14.2. The molecule has 0 atom stereocenters. The van der Waals surface area contributed by atoms with Crippen LogP contribution in [0.3, 0.4) is 0 Å². The average molecular weight is 567 g/mol. The summed E-state index contributed by atoms with van der Waals surface area (Å²) in [6.45, 7) is 21.6. The Hall–Kier alpha value is -4.71. The van der Waals surface area contributed by atoms with E-state index in [1.165, 1.54) is 6.07 Å². The standard InChI is InChI=1S/C34H34F2N4.C2H6/c1-7-13-21(5)37-24(10-4)19-23(9-3)25-17-18-30-32(33(25)36)34(40-39-30)31-20-28(22(6)38-31)26(14-8-2)27-15-11-12-16-29(27)35;1-2/h8-12,14-20,37-38H,2,4-5,7,13H2,1,3,6H3,(H,39,40);1-2H3/b23-9+,24-19+,26-14-;. The molecule has 0 saturated carbocycles. The summed E-state index contributed by atoms with van der Waals surface area (Å²) in [6, 6.07) is 12.0. The first kappa shape index (κ1) is 31.8. The van der Waals surface area contributed by atoms with Gasteiger partial charge in [0, 0.05) is 33.8 Å². The largest absolute Gasteiger partial charge is 0.359 e. The topological polar surface area (TPSA) is 56.5 Å². The normalized spacial score (nSPS) is 12.1. The predicted octanol–water partition coefficient (Wildman–Crippen LogP) is 10.2. The molecule has 0 unspecified atom stereocenters. The van der Waals surface area contributed by atoms with Crippen molar-refractivity contribution in [2.75, 3.05) is 0 Å². The highest BCUT2D eigenvalue weighted by atomic mass is 19.1. The lowest BCUT2D eigenvalue weighted by Crippen LogP contribution is -2.10. The van der Waals surface area contributed by atoms with Crippen LogP contribution in [0.1, 0.15) is 62.9 Å². The molecule has 218 valence electrons. The van der Waals surface area contributed by atoms with Gasteiger partial charge >= 0.3 is 0 Å². The molecule has 2 aromatic heterocycles. The van der Waals surface area contributed by atoms with Gasteiger partial charge in [0.1, 0.15) is 17.3 Å². The fourth-order valence-electron chi connectivity index (χ4n) is 4.78. The molecule has 0 spiro atoms. The minimum absolute atomic E-state index is 0.336. The quantitative estimate of drug-likeness (QED) is 0.158. The van der Waals surface area contributed by atoms with E-state index in [0.717, 1.165) is 35.5 Å². The monoisotopic (exact) mass is 566 g/mol. The van der Waals surface area contributed by atoms with Crippen molar-refractivity contribution < 1.29 is 8.78 Å². The molecule has 0 saturated heterocycles. The summed E-state index contributed by atoms with van der Waals surface area (Å²) < 4.78 is 31.0. The van der Waals surface area contributed by atoms with E-state index in [2.05, 4.69) is 47.2 Å². The predicted molar refractivity (Wildman–Crippen MR) is 175 cm³/mol. The van der Waals surface area contributed by atoms with Gasteiger partial charge in [-0.2, -0.15) is 5.10 Å². The first-order valence-corrected chi connectivity index (χ1v) is 14.2. The van der Waals surface area contributed by atoms with Crippen molar-refractivity contribution in [3.05, 3.63) is 138 Å². The van der Waals surface area contributed by atoms with Gasteiger partial charge < -0.3 is 10.3 Å². The second-order valence-electron chi connectivity index (χ2n) is 9.47. The van der Waals surface area contributed by atoms with E-state index >= 15 is 4.39 Å². The highest BCUT2D eigenvalue weighted by Crippen LogP contribution is 2.36. The number of H-pyrrole nitrogens is 2. The molecule has 0 aliphatic rings. The van der Waals surface area contributed by atoms with Gasteiger partial charge in [-0.25, -0.2) is 8.78 Å². The summed E-state index contributed by atoms with van der Waals surface area (Å²) in [5, 5.41) is 11.0. The van der Waals surface area contributed by atoms with Gasteiger partial charge in [0.25, 0.3) is 0 Å². The molecule has 4 nitrogen and oxygen atoms in total. The van der Waals surface area contributed by atoms with E-state index in [1.54, 1.807) is 42.5 Å². The Kier molecular flexibility index (Phi) is 11.2. The Morgan fingerprint density at radius 1 is 1.05 bits per heavy atom. The number of nitrogens with one attached hydrogen (secondary N) is 3. The van der Waals surface area contributed by atoms with E-state index < -0.39 is 5.82 Å². The van der Waals surface area contributed by atoms with Gasteiger partial charge in [0.2, 0.25) is 0 Å². The number of halogens is 2. The number of aryl methyl sites for hydroxylation is 1. The molecular formula is C36H40F2N4. The molecule has 42 heavy (non-hydrogen) atoms. The molecule has 6 heteroatoms. The number of fused-ring (bicyclic) bond motifs is 1. The highest BCUT2D eigenvalue weighted by molar-refractivity contribution is 5.96. The van der Waals surface area contributed by atoms with Crippen LogP contribution in [-0.4, -0.2) is 15.2 Å². The van der Waals surface area contributed by atoms with Crippen LogP contribution < -0.4 is 5.32 Å². The van der Waals surface area contributed by atoms with Crippen molar-refractivity contribution in [3.8, 4) is 11.4 Å². The maximum atomic E-state index is 16.2. The molecule has 0 amide bonds. The maximum Gasteiger partial charge on any atom is 0.142 e. The number of aromatic nitrogens is 3. The van der Waals surface area contributed by atoms with Crippen LogP contribution in [0.4, 0.5) is 8.78 Å². The molecule has 0 bridgehead atoms. The van der Waals surface area contributed by atoms with Crippen LogP contribution in [0.15, 0.2) is 104 Å². The number of aromatic amines is 2. The average Bonchev–Trinajstić information content (AvgIpc) is 3.60. The third-order valence-electron chi connectivity index (χ3n) is 6.70. The Morgan fingerprint density at radius 2 is 1.79 bits per heavy atom. The van der Waals surface area contributed by atoms with E-state index in [4.69, 9.17) is 0 Å². The smallest absolute Gasteiger partial charge is 0.142 e. The van der Waals surface area contributed by atoms with Crippen molar-refractivity contribution in [2.45, 2.75) is 47.5 Å². The Bertz CT molecular complexity index is 1680. The zero-order chi connectivity index (χ0) is 30.8. The van der Waals surface area contributed by atoms with E-state index in [-0.39, 0.29) is 5.82 Å². The van der Waals surface area contributed by atoms with Gasteiger partial charge in [-0.05, 0) is 67.8 Å². The molecule has 2 aromatic carbocycles. The second-order valence-corrected chi connectivity index (χ2v) is 9.47. The van der Waals surface area contributed by atoms with Gasteiger partial charge in [0.05, 0.1) is 16.6 Å². The van der Waals surface area contributed by atoms with E-state index in [0.29, 0.717) is 44.6 Å². The summed E-state index contributed by atoms with van der Waals surface area (Å²) in [7, 11) is 0. The van der Waals surface area contributed by atoms with Crippen LogP contribution in [0.5, 0.6) is 0 Å². The minimum atomic E-state index is -0.397. The summed E-state index contributed by atoms with van der Waals surface area (Å²) in [6.07, 6.45) is 10.6. The van der Waals surface area contributed by atoms with Crippen LogP contribution in [0, 0.1) is 18.6 Å². The van der Waals surface area contributed by atoms with Gasteiger partial charge in [-0.15, -0.1) is 0 Å². The first-order chi connectivity index (χ1) is 20.3. The van der Waals surface area contributed by atoms with Crippen LogP contribution in [0.2, 0.25) is 0 Å². The summed E-state index contributed by atoms with van der Waals surface area (Å²) in [5.41, 5.74) is 7.05.